The summed E-state index contributed by atoms with van der Waals surface area (Å²) in [5, 5.41) is 2.53. The minimum absolute atomic E-state index is 0.517. The van der Waals surface area contributed by atoms with E-state index in [0.29, 0.717) is 28.8 Å². The van der Waals surface area contributed by atoms with E-state index in [0.717, 1.165) is 55.6 Å². The third-order valence-corrected chi connectivity index (χ3v) is 11.9. The highest BCUT2D eigenvalue weighted by Gasteiger charge is 2.21. The van der Waals surface area contributed by atoms with Crippen molar-refractivity contribution >= 4 is 31.5 Å². The van der Waals surface area contributed by atoms with E-state index in [2.05, 4.69) is 121 Å². The van der Waals surface area contributed by atoms with E-state index < -0.39 is 6.56 Å². The Morgan fingerprint density at radius 2 is 0.965 bits per heavy atom. The van der Waals surface area contributed by atoms with Crippen molar-refractivity contribution < 1.29 is 7.48 Å². The van der Waals surface area contributed by atoms with E-state index in [1.807, 2.05) is 72.0 Å². The van der Waals surface area contributed by atoms with Gasteiger partial charge < -0.3 is 4.74 Å². The Morgan fingerprint density at radius 3 is 1.77 bits per heavy atom. The zero-order chi connectivity index (χ0) is 39.5. The Balaban J connectivity index is 1.02. The third kappa shape index (κ3) is 5.97. The largest absolute Gasteiger partial charge is 0.488 e. The predicted octanol–water partition coefficient (Wildman–Crippen LogP) is 13.8. The smallest absolute Gasteiger partial charge is 0.164 e. The van der Waals surface area contributed by atoms with Gasteiger partial charge in [-0.15, -0.1) is 11.3 Å². The maximum absolute atomic E-state index is 8.58. The number of hydrogen-bond donors (Lipinski definition) is 0. The van der Waals surface area contributed by atoms with Crippen molar-refractivity contribution in [1.82, 2.24) is 15.0 Å². The number of aromatic nitrogens is 3. The van der Waals surface area contributed by atoms with Gasteiger partial charge in [-0.25, -0.2) is 15.0 Å². The zero-order valence-electron chi connectivity index (χ0n) is 32.6. The van der Waals surface area contributed by atoms with Crippen LogP contribution in [0.15, 0.2) is 188 Å². The van der Waals surface area contributed by atoms with Crippen molar-refractivity contribution in [2.24, 2.45) is 0 Å². The standard InChI is InChI=1S/C52H33N3OS/c1-2-11-33(12-3-1)34-23-27-36(28-24-34)50-53-51(37-29-25-35(26-30-37)41-18-10-21-46-48(41)42-16-5-4-13-40(42)32-56-46)55-52(54-50)39-15-8-14-38(31-39)43-19-9-20-45-44-17-6-7-22-47(44)57-49(43)45/h1-31H,32H2/i32D2. The lowest BCUT2D eigenvalue weighted by atomic mass is 9.89. The van der Waals surface area contributed by atoms with Gasteiger partial charge in [0.05, 0.1) is 2.74 Å². The molecule has 11 rings (SSSR count). The highest BCUT2D eigenvalue weighted by atomic mass is 32.1. The fraction of sp³-hybridized carbons (Fsp3) is 0.0192. The van der Waals surface area contributed by atoms with Crippen LogP contribution in [0.1, 0.15) is 8.30 Å². The van der Waals surface area contributed by atoms with Gasteiger partial charge >= 0.3 is 0 Å². The average molecular weight is 750 g/mol. The van der Waals surface area contributed by atoms with Gasteiger partial charge in [-0.05, 0) is 62.7 Å². The van der Waals surface area contributed by atoms with Crippen molar-refractivity contribution in [3.8, 4) is 84.4 Å². The Bertz CT molecular complexity index is 3220. The molecule has 0 bridgehead atoms. The SMILES string of the molecule is [2H]C1([2H])Oc2cccc(-c3ccc(-c4nc(-c5ccc(-c6ccccc6)cc5)nc(-c5cccc(-c6cccc7c6sc6ccccc67)c5)n4)cc3)c2-c2ccccc21. The first-order valence-corrected chi connectivity index (χ1v) is 19.7. The van der Waals surface area contributed by atoms with E-state index in [1.165, 1.54) is 25.7 Å². The van der Waals surface area contributed by atoms with E-state index in [-0.39, 0.29) is 0 Å². The minimum atomic E-state index is -1.92. The van der Waals surface area contributed by atoms with Gasteiger partial charge in [-0.3, -0.25) is 0 Å². The van der Waals surface area contributed by atoms with Crippen LogP contribution in [0, 0.1) is 0 Å². The molecule has 0 fully saturated rings. The van der Waals surface area contributed by atoms with Gasteiger partial charge in [0.15, 0.2) is 17.5 Å². The molecule has 0 N–H and O–H groups in total. The van der Waals surface area contributed by atoms with Crippen molar-refractivity contribution in [1.29, 1.82) is 0 Å². The highest BCUT2D eigenvalue weighted by Crippen LogP contribution is 2.44. The fourth-order valence-electron chi connectivity index (χ4n) is 7.84. The van der Waals surface area contributed by atoms with Crippen LogP contribution >= 0.6 is 11.3 Å². The summed E-state index contributed by atoms with van der Waals surface area (Å²) >= 11 is 1.82. The Kier molecular flexibility index (Phi) is 7.53. The second-order valence-electron chi connectivity index (χ2n) is 14.1. The van der Waals surface area contributed by atoms with Crippen LogP contribution in [0.25, 0.3) is 98.8 Å². The average Bonchev–Trinajstić information content (AvgIpc) is 3.68. The maximum atomic E-state index is 8.58. The van der Waals surface area contributed by atoms with Gasteiger partial charge in [0.2, 0.25) is 0 Å². The lowest BCUT2D eigenvalue weighted by Crippen LogP contribution is -2.06. The quantitative estimate of drug-likeness (QED) is 0.170. The summed E-state index contributed by atoms with van der Waals surface area (Å²) in [6, 6.07) is 63.9. The van der Waals surface area contributed by atoms with E-state index in [9.17, 15) is 0 Å². The van der Waals surface area contributed by atoms with Gasteiger partial charge in [-0.2, -0.15) is 0 Å². The number of nitrogens with zero attached hydrogens (tertiary/aromatic N) is 3. The zero-order valence-corrected chi connectivity index (χ0v) is 31.4. The van der Waals surface area contributed by atoms with Crippen LogP contribution in [-0.4, -0.2) is 15.0 Å². The first kappa shape index (κ1) is 31.0. The van der Waals surface area contributed by atoms with Gasteiger partial charge in [-0.1, -0.05) is 170 Å². The summed E-state index contributed by atoms with van der Waals surface area (Å²) in [7, 11) is 0. The molecule has 5 heteroatoms. The van der Waals surface area contributed by atoms with E-state index in [4.69, 9.17) is 22.4 Å². The summed E-state index contributed by atoms with van der Waals surface area (Å²) in [5.41, 5.74) is 11.3. The normalized spacial score (nSPS) is 13.3. The number of ether oxygens (including phenoxy) is 1. The fourth-order valence-corrected chi connectivity index (χ4v) is 9.08. The monoisotopic (exact) mass is 749 g/mol. The molecule has 0 saturated heterocycles. The molecule has 3 heterocycles. The Hall–Kier alpha value is -7.21. The lowest BCUT2D eigenvalue weighted by Gasteiger charge is -2.23. The third-order valence-electron chi connectivity index (χ3n) is 10.7. The summed E-state index contributed by atoms with van der Waals surface area (Å²) in [4.78, 5) is 15.3. The molecule has 1 aliphatic heterocycles. The summed E-state index contributed by atoms with van der Waals surface area (Å²) in [5.74, 6) is 2.27. The minimum Gasteiger partial charge on any atom is -0.488 e. The molecule has 0 saturated carbocycles. The van der Waals surface area contributed by atoms with Crippen LogP contribution in [0.5, 0.6) is 5.75 Å². The van der Waals surface area contributed by atoms with Gasteiger partial charge in [0, 0.05) is 42.4 Å². The molecule has 8 aromatic carbocycles. The number of rotatable bonds is 6. The molecule has 4 nitrogen and oxygen atoms in total. The van der Waals surface area contributed by atoms with E-state index in [1.54, 1.807) is 6.07 Å². The highest BCUT2D eigenvalue weighted by molar-refractivity contribution is 7.26. The molecule has 1 aliphatic rings. The molecular formula is C52H33N3OS. The van der Waals surface area contributed by atoms with Crippen LogP contribution < -0.4 is 4.74 Å². The van der Waals surface area contributed by atoms with Crippen molar-refractivity contribution in [3.63, 3.8) is 0 Å². The molecule has 0 radical (unpaired) electrons. The van der Waals surface area contributed by atoms with E-state index >= 15 is 0 Å². The second kappa shape index (κ2) is 13.8. The summed E-state index contributed by atoms with van der Waals surface area (Å²) in [6.45, 7) is -1.92. The molecule has 57 heavy (non-hydrogen) atoms. The van der Waals surface area contributed by atoms with Crippen LogP contribution in [0.4, 0.5) is 0 Å². The lowest BCUT2D eigenvalue weighted by molar-refractivity contribution is 0.302. The summed E-state index contributed by atoms with van der Waals surface area (Å²) < 4.78 is 25.6. The molecule has 0 amide bonds. The Labute approximate surface area is 337 Å². The Morgan fingerprint density at radius 1 is 0.421 bits per heavy atom. The number of hydrogen-bond acceptors (Lipinski definition) is 5. The second-order valence-corrected chi connectivity index (χ2v) is 15.2. The molecule has 0 aliphatic carbocycles. The first-order valence-electron chi connectivity index (χ1n) is 19.9. The summed E-state index contributed by atoms with van der Waals surface area (Å²) in [6.07, 6.45) is 0. The predicted molar refractivity (Wildman–Crippen MR) is 235 cm³/mol. The maximum Gasteiger partial charge on any atom is 0.164 e. The van der Waals surface area contributed by atoms with Crippen LogP contribution in [-0.2, 0) is 6.56 Å². The number of benzene rings is 8. The molecule has 2 aromatic heterocycles. The number of fused-ring (bicyclic) bond motifs is 6. The number of thiophene rings is 1. The molecule has 10 aromatic rings. The topological polar surface area (TPSA) is 47.9 Å². The first-order chi connectivity index (χ1) is 29.0. The van der Waals surface area contributed by atoms with Crippen LogP contribution in [0.2, 0.25) is 0 Å². The van der Waals surface area contributed by atoms with Gasteiger partial charge in [0.1, 0.15) is 12.3 Å². The van der Waals surface area contributed by atoms with Crippen molar-refractivity contribution in [2.75, 3.05) is 0 Å². The molecule has 0 atom stereocenters. The van der Waals surface area contributed by atoms with Crippen LogP contribution in [0.3, 0.4) is 0 Å². The molecule has 0 spiro atoms. The molecule has 268 valence electrons. The van der Waals surface area contributed by atoms with Gasteiger partial charge in [0.25, 0.3) is 0 Å². The van der Waals surface area contributed by atoms with Crippen molar-refractivity contribution in [3.05, 3.63) is 194 Å². The molecule has 0 unspecified atom stereocenters. The molecular weight excluding hydrogens is 715 g/mol. The van der Waals surface area contributed by atoms with Crippen molar-refractivity contribution in [2.45, 2.75) is 6.56 Å².